The molecule has 8 nitrogen and oxygen atoms in total. The Bertz CT molecular complexity index is 721. The van der Waals surface area contributed by atoms with Crippen LogP contribution < -0.4 is 16.2 Å². The van der Waals surface area contributed by atoms with Crippen LogP contribution in [0.25, 0.3) is 0 Å². The molecule has 25 heavy (non-hydrogen) atoms. The van der Waals surface area contributed by atoms with E-state index in [4.69, 9.17) is 4.52 Å². The first-order valence-corrected chi connectivity index (χ1v) is 8.66. The molecule has 0 atom stereocenters. The van der Waals surface area contributed by atoms with Crippen molar-refractivity contribution >= 4 is 17.6 Å². The predicted octanol–water partition coefficient (Wildman–Crippen LogP) is 2.75. The molecule has 2 heterocycles. The quantitative estimate of drug-likeness (QED) is 0.385. The van der Waals surface area contributed by atoms with Crippen molar-refractivity contribution in [3.63, 3.8) is 0 Å². The number of hydrogen-bond donors (Lipinski definition) is 3. The maximum atomic E-state index is 5.30. The van der Waals surface area contributed by atoms with Crippen molar-refractivity contribution in [2.45, 2.75) is 46.1 Å². The second kappa shape index (κ2) is 8.06. The lowest BCUT2D eigenvalue weighted by Crippen LogP contribution is -2.37. The molecular formula is C17H25N7O. The van der Waals surface area contributed by atoms with E-state index in [1.54, 1.807) is 12.3 Å². The Morgan fingerprint density at radius 2 is 2.24 bits per heavy atom. The summed E-state index contributed by atoms with van der Waals surface area (Å²) in [6, 6.07) is 3.71. The number of aliphatic imine (C=N–C) groups is 1. The van der Waals surface area contributed by atoms with Crippen LogP contribution in [0.1, 0.15) is 51.0 Å². The number of nitrogens with zero attached hydrogens (tertiary/aromatic N) is 4. The number of aromatic nitrogens is 3. The summed E-state index contributed by atoms with van der Waals surface area (Å²) in [4.78, 5) is 13.0. The molecule has 1 aliphatic carbocycles. The average molecular weight is 343 g/mol. The summed E-state index contributed by atoms with van der Waals surface area (Å²) in [6.45, 7) is 7.51. The molecule has 0 radical (unpaired) electrons. The third-order valence-electron chi connectivity index (χ3n) is 3.87. The van der Waals surface area contributed by atoms with Gasteiger partial charge in [0, 0.05) is 24.9 Å². The Kier molecular flexibility index (Phi) is 5.60. The number of anilines is 1. The second-order valence-corrected chi connectivity index (χ2v) is 6.61. The maximum Gasteiger partial charge on any atom is 0.225 e. The van der Waals surface area contributed by atoms with Gasteiger partial charge in [-0.15, -0.1) is 0 Å². The van der Waals surface area contributed by atoms with E-state index in [9.17, 15) is 0 Å². The lowest BCUT2D eigenvalue weighted by Gasteiger charge is -2.07. The Hall–Kier alpha value is -2.48. The van der Waals surface area contributed by atoms with Crippen LogP contribution in [0.3, 0.4) is 0 Å². The zero-order valence-electron chi connectivity index (χ0n) is 14.9. The molecule has 0 aliphatic heterocycles. The van der Waals surface area contributed by atoms with Crippen LogP contribution in [0.2, 0.25) is 0 Å². The lowest BCUT2D eigenvalue weighted by atomic mass is 10.1. The van der Waals surface area contributed by atoms with Gasteiger partial charge in [-0.05, 0) is 31.6 Å². The number of hydrogen-bond acceptors (Lipinski definition) is 7. The first-order valence-electron chi connectivity index (χ1n) is 8.66. The fraction of sp³-hybridized carbons (Fsp3) is 0.529. The SMILES string of the molecule is CC(=Nc1ccnc(NCc2cc(C(C)C)no2)n1)NNCC1CC1. The van der Waals surface area contributed by atoms with Crippen molar-refractivity contribution in [2.75, 3.05) is 11.9 Å². The molecule has 1 fully saturated rings. The van der Waals surface area contributed by atoms with Crippen molar-refractivity contribution in [1.82, 2.24) is 26.0 Å². The fourth-order valence-corrected chi connectivity index (χ4v) is 2.19. The number of rotatable bonds is 8. The Labute approximate surface area is 147 Å². The van der Waals surface area contributed by atoms with Gasteiger partial charge < -0.3 is 15.3 Å². The molecule has 2 aromatic rings. The highest BCUT2D eigenvalue weighted by Gasteiger charge is 2.20. The highest BCUT2D eigenvalue weighted by atomic mass is 16.5. The van der Waals surface area contributed by atoms with Crippen molar-refractivity contribution in [3.8, 4) is 0 Å². The minimum absolute atomic E-state index is 0.343. The smallest absolute Gasteiger partial charge is 0.225 e. The molecule has 1 saturated carbocycles. The van der Waals surface area contributed by atoms with Crippen LogP contribution in [-0.2, 0) is 6.54 Å². The van der Waals surface area contributed by atoms with E-state index in [0.29, 0.717) is 24.2 Å². The molecule has 3 N–H and O–H groups in total. The minimum Gasteiger partial charge on any atom is -0.359 e. The molecule has 0 unspecified atom stereocenters. The van der Waals surface area contributed by atoms with Gasteiger partial charge in [-0.1, -0.05) is 19.0 Å². The van der Waals surface area contributed by atoms with Crippen LogP contribution >= 0.6 is 0 Å². The molecule has 134 valence electrons. The van der Waals surface area contributed by atoms with Crippen molar-refractivity contribution in [2.24, 2.45) is 10.9 Å². The molecule has 0 spiro atoms. The van der Waals surface area contributed by atoms with Crippen LogP contribution in [-0.4, -0.2) is 27.5 Å². The molecule has 2 aromatic heterocycles. The molecule has 0 bridgehead atoms. The number of hydrazine groups is 1. The molecule has 3 rings (SSSR count). The fourth-order valence-electron chi connectivity index (χ4n) is 2.19. The summed E-state index contributed by atoms with van der Waals surface area (Å²) in [5, 5.41) is 7.17. The summed E-state index contributed by atoms with van der Waals surface area (Å²) in [6.07, 6.45) is 4.31. The number of nitrogens with one attached hydrogen (secondary N) is 3. The summed E-state index contributed by atoms with van der Waals surface area (Å²) in [5.41, 5.74) is 7.21. The van der Waals surface area contributed by atoms with Gasteiger partial charge in [0.15, 0.2) is 11.6 Å². The highest BCUT2D eigenvalue weighted by molar-refractivity contribution is 5.81. The summed E-state index contributed by atoms with van der Waals surface area (Å²) in [7, 11) is 0. The standard InChI is InChI=1S/C17H25N7O/c1-11(2)15-8-14(25-24-15)10-19-17-18-7-6-16(22-17)21-12(3)23-20-9-13-4-5-13/h6-8,11,13,20H,4-5,9-10H2,1-3H3,(H2,18,19,21,22,23). The maximum absolute atomic E-state index is 5.30. The second-order valence-electron chi connectivity index (χ2n) is 6.61. The van der Waals surface area contributed by atoms with E-state index in [1.807, 2.05) is 13.0 Å². The van der Waals surface area contributed by atoms with Gasteiger partial charge in [0.2, 0.25) is 5.95 Å². The van der Waals surface area contributed by atoms with Crippen molar-refractivity contribution in [1.29, 1.82) is 0 Å². The highest BCUT2D eigenvalue weighted by Crippen LogP contribution is 2.27. The monoisotopic (exact) mass is 343 g/mol. The van der Waals surface area contributed by atoms with Crippen LogP contribution in [0.4, 0.5) is 11.8 Å². The average Bonchev–Trinajstić information content (AvgIpc) is 3.27. The Balaban J connectivity index is 1.52. The van der Waals surface area contributed by atoms with E-state index >= 15 is 0 Å². The van der Waals surface area contributed by atoms with Crippen LogP contribution in [0.5, 0.6) is 0 Å². The van der Waals surface area contributed by atoms with Crippen LogP contribution in [0.15, 0.2) is 27.8 Å². The third kappa shape index (κ3) is 5.53. The Morgan fingerprint density at radius 1 is 1.40 bits per heavy atom. The van der Waals surface area contributed by atoms with Crippen molar-refractivity contribution in [3.05, 3.63) is 29.8 Å². The van der Waals surface area contributed by atoms with Crippen molar-refractivity contribution < 1.29 is 4.52 Å². The van der Waals surface area contributed by atoms with Gasteiger partial charge in [-0.25, -0.2) is 15.4 Å². The van der Waals surface area contributed by atoms with Gasteiger partial charge in [0.1, 0.15) is 5.84 Å². The molecule has 0 saturated heterocycles. The van der Waals surface area contributed by atoms with Gasteiger partial charge in [0.25, 0.3) is 0 Å². The first-order chi connectivity index (χ1) is 12.1. The molecule has 0 amide bonds. The van der Waals surface area contributed by atoms with E-state index in [1.165, 1.54) is 12.8 Å². The summed E-state index contributed by atoms with van der Waals surface area (Å²) < 4.78 is 5.30. The van der Waals surface area contributed by atoms with E-state index in [0.717, 1.165) is 29.8 Å². The van der Waals surface area contributed by atoms with Gasteiger partial charge >= 0.3 is 0 Å². The molecule has 1 aliphatic rings. The number of amidine groups is 1. The lowest BCUT2D eigenvalue weighted by molar-refractivity contribution is 0.379. The van der Waals surface area contributed by atoms with Gasteiger partial charge in [-0.3, -0.25) is 0 Å². The van der Waals surface area contributed by atoms with E-state index in [2.05, 4.69) is 50.1 Å². The first kappa shape index (κ1) is 17.3. The van der Waals surface area contributed by atoms with Gasteiger partial charge in [0.05, 0.1) is 12.2 Å². The van der Waals surface area contributed by atoms with Crippen LogP contribution in [0, 0.1) is 5.92 Å². The molecule has 8 heteroatoms. The third-order valence-corrected chi connectivity index (χ3v) is 3.87. The van der Waals surface area contributed by atoms with E-state index < -0.39 is 0 Å². The topological polar surface area (TPSA) is 100 Å². The summed E-state index contributed by atoms with van der Waals surface area (Å²) >= 11 is 0. The van der Waals surface area contributed by atoms with E-state index in [-0.39, 0.29) is 0 Å². The van der Waals surface area contributed by atoms with Gasteiger partial charge in [-0.2, -0.15) is 4.98 Å². The molecule has 0 aromatic carbocycles. The Morgan fingerprint density at radius 3 is 2.96 bits per heavy atom. The zero-order valence-corrected chi connectivity index (χ0v) is 14.9. The zero-order chi connectivity index (χ0) is 17.6. The predicted molar refractivity (Wildman–Crippen MR) is 96.6 cm³/mol. The molecular weight excluding hydrogens is 318 g/mol. The minimum atomic E-state index is 0.343. The largest absolute Gasteiger partial charge is 0.359 e. The normalized spacial score (nSPS) is 14.8. The summed E-state index contributed by atoms with van der Waals surface area (Å²) in [5.74, 6) is 3.77.